The lowest BCUT2D eigenvalue weighted by atomic mass is 10.1. The first-order valence-corrected chi connectivity index (χ1v) is 9.34. The van der Waals surface area contributed by atoms with E-state index < -0.39 is 24.4 Å². The fourth-order valence-electron chi connectivity index (χ4n) is 2.52. The summed E-state index contributed by atoms with van der Waals surface area (Å²) in [5.74, 6) is 0. The number of hydrogen-bond donors (Lipinski definition) is 4. The first-order chi connectivity index (χ1) is 12.1. The molecule has 158 valence electrons. The zero-order valence-electron chi connectivity index (χ0n) is 17.0. The molecule has 8 heteroatoms. The van der Waals surface area contributed by atoms with Gasteiger partial charge in [-0.1, -0.05) is 6.92 Å². The van der Waals surface area contributed by atoms with Gasteiger partial charge in [0.15, 0.2) is 0 Å². The minimum absolute atomic E-state index is 0.146. The lowest BCUT2D eigenvalue weighted by Crippen LogP contribution is -2.43. The summed E-state index contributed by atoms with van der Waals surface area (Å²) < 4.78 is 17.7. The average molecular weight is 383 g/mol. The topological polar surface area (TPSA) is 109 Å². The maximum absolute atomic E-state index is 10.0. The molecule has 0 spiro atoms. The maximum atomic E-state index is 10.0. The molecular formula is C18H40NO7+. The minimum atomic E-state index is -0.665. The van der Waals surface area contributed by atoms with Crippen molar-refractivity contribution in [2.75, 3.05) is 60.7 Å². The van der Waals surface area contributed by atoms with Crippen LogP contribution in [0.1, 0.15) is 26.7 Å². The van der Waals surface area contributed by atoms with Crippen LogP contribution in [-0.2, 0) is 14.2 Å². The Morgan fingerprint density at radius 3 is 1.96 bits per heavy atom. The molecule has 26 heavy (non-hydrogen) atoms. The van der Waals surface area contributed by atoms with Crippen LogP contribution in [0.2, 0.25) is 0 Å². The van der Waals surface area contributed by atoms with Gasteiger partial charge in [-0.15, -0.1) is 0 Å². The third-order valence-electron chi connectivity index (χ3n) is 3.74. The van der Waals surface area contributed by atoms with E-state index in [-0.39, 0.29) is 39.1 Å². The number of rotatable bonds is 16. The molecule has 0 heterocycles. The van der Waals surface area contributed by atoms with Gasteiger partial charge in [-0.3, -0.25) is 0 Å². The van der Waals surface area contributed by atoms with E-state index in [4.69, 9.17) is 24.4 Å². The number of aliphatic hydroxyl groups is 4. The van der Waals surface area contributed by atoms with E-state index in [1.165, 1.54) is 0 Å². The van der Waals surface area contributed by atoms with Crippen LogP contribution >= 0.6 is 0 Å². The van der Waals surface area contributed by atoms with Crippen LogP contribution in [-0.4, -0.2) is 116 Å². The standard InChI is InChI=1S/C18H40NO7/c1-6-16(7-14(2)22)26-18(13-25-17(9-20)10-21)12-24-11-15(23)8-19(3,4)5/h14-18,20-23H,6-13H2,1-5H3/q+1. The summed E-state index contributed by atoms with van der Waals surface area (Å²) in [6, 6.07) is 0. The molecular weight excluding hydrogens is 342 g/mol. The van der Waals surface area contributed by atoms with Crippen LogP contribution in [0.15, 0.2) is 0 Å². The van der Waals surface area contributed by atoms with Gasteiger partial charge < -0.3 is 39.1 Å². The average Bonchev–Trinajstić information content (AvgIpc) is 2.52. The predicted molar refractivity (Wildman–Crippen MR) is 98.9 cm³/mol. The van der Waals surface area contributed by atoms with Crippen molar-refractivity contribution >= 4 is 0 Å². The van der Waals surface area contributed by atoms with E-state index in [1.807, 2.05) is 28.1 Å². The van der Waals surface area contributed by atoms with Gasteiger partial charge >= 0.3 is 0 Å². The van der Waals surface area contributed by atoms with E-state index in [1.54, 1.807) is 6.92 Å². The third kappa shape index (κ3) is 13.8. The van der Waals surface area contributed by atoms with E-state index in [0.717, 1.165) is 6.42 Å². The lowest BCUT2D eigenvalue weighted by Gasteiger charge is -2.28. The number of nitrogens with zero attached hydrogens (tertiary/aromatic N) is 1. The van der Waals surface area contributed by atoms with E-state index in [2.05, 4.69) is 0 Å². The van der Waals surface area contributed by atoms with Crippen molar-refractivity contribution in [1.29, 1.82) is 0 Å². The molecule has 0 aromatic carbocycles. The van der Waals surface area contributed by atoms with Crippen LogP contribution in [0.3, 0.4) is 0 Å². The van der Waals surface area contributed by atoms with Gasteiger partial charge in [0.1, 0.15) is 24.9 Å². The highest BCUT2D eigenvalue weighted by Crippen LogP contribution is 2.12. The Morgan fingerprint density at radius 2 is 1.50 bits per heavy atom. The van der Waals surface area contributed by atoms with Gasteiger partial charge in [0.25, 0.3) is 0 Å². The van der Waals surface area contributed by atoms with Gasteiger partial charge in [-0.25, -0.2) is 0 Å². The fraction of sp³-hybridized carbons (Fsp3) is 1.00. The number of quaternary nitrogens is 1. The molecule has 0 rings (SSSR count). The largest absolute Gasteiger partial charge is 0.394 e. The first-order valence-electron chi connectivity index (χ1n) is 9.34. The Hall–Kier alpha value is -0.320. The second-order valence-corrected chi connectivity index (χ2v) is 7.86. The Balaban J connectivity index is 4.55. The maximum Gasteiger partial charge on any atom is 0.126 e. The zero-order chi connectivity index (χ0) is 20.2. The highest BCUT2D eigenvalue weighted by atomic mass is 16.6. The van der Waals surface area contributed by atoms with Crippen molar-refractivity contribution in [3.05, 3.63) is 0 Å². The van der Waals surface area contributed by atoms with Crippen molar-refractivity contribution in [3.63, 3.8) is 0 Å². The molecule has 0 saturated heterocycles. The van der Waals surface area contributed by atoms with Crippen molar-refractivity contribution in [1.82, 2.24) is 0 Å². The Morgan fingerprint density at radius 1 is 0.885 bits per heavy atom. The molecule has 0 aliphatic rings. The fourth-order valence-corrected chi connectivity index (χ4v) is 2.52. The Bertz CT molecular complexity index is 332. The number of hydrogen-bond acceptors (Lipinski definition) is 7. The van der Waals surface area contributed by atoms with Crippen LogP contribution in [0.25, 0.3) is 0 Å². The SMILES string of the molecule is CCC(CC(C)O)OC(COCC(O)C[N+](C)(C)C)COC(CO)CO. The summed E-state index contributed by atoms with van der Waals surface area (Å²) in [6.07, 6.45) is -1.06. The second kappa shape index (κ2) is 13.8. The molecule has 0 fully saturated rings. The summed E-state index contributed by atoms with van der Waals surface area (Å²) in [7, 11) is 5.98. The van der Waals surface area contributed by atoms with Crippen LogP contribution in [0.4, 0.5) is 0 Å². The van der Waals surface area contributed by atoms with Crippen molar-refractivity contribution < 1.29 is 39.1 Å². The molecule has 0 aromatic rings. The molecule has 0 aliphatic carbocycles. The monoisotopic (exact) mass is 382 g/mol. The molecule has 0 aliphatic heterocycles. The molecule has 4 N–H and O–H groups in total. The highest BCUT2D eigenvalue weighted by Gasteiger charge is 2.21. The molecule has 4 atom stereocenters. The molecule has 0 aromatic heterocycles. The van der Waals surface area contributed by atoms with Crippen LogP contribution in [0, 0.1) is 0 Å². The van der Waals surface area contributed by atoms with Crippen LogP contribution < -0.4 is 0 Å². The molecule has 0 bridgehead atoms. The Labute approximate surface area is 157 Å². The highest BCUT2D eigenvalue weighted by molar-refractivity contribution is 4.67. The van der Waals surface area contributed by atoms with Crippen LogP contribution in [0.5, 0.6) is 0 Å². The normalized spacial score (nSPS) is 17.3. The lowest BCUT2D eigenvalue weighted by molar-refractivity contribution is -0.873. The predicted octanol–water partition coefficient (Wildman–Crippen LogP) is -0.625. The van der Waals surface area contributed by atoms with Gasteiger partial charge in [-0.2, -0.15) is 0 Å². The van der Waals surface area contributed by atoms with E-state index in [0.29, 0.717) is 17.4 Å². The second-order valence-electron chi connectivity index (χ2n) is 7.86. The summed E-state index contributed by atoms with van der Waals surface area (Å²) in [5, 5.41) is 37.8. The Kier molecular flexibility index (Phi) is 13.6. The van der Waals surface area contributed by atoms with Crippen molar-refractivity contribution in [2.24, 2.45) is 0 Å². The minimum Gasteiger partial charge on any atom is -0.394 e. The van der Waals surface area contributed by atoms with Crippen molar-refractivity contribution in [3.8, 4) is 0 Å². The van der Waals surface area contributed by atoms with Gasteiger partial charge in [-0.05, 0) is 19.8 Å². The van der Waals surface area contributed by atoms with Gasteiger partial charge in [0.2, 0.25) is 0 Å². The number of aliphatic hydroxyl groups excluding tert-OH is 4. The molecule has 0 saturated carbocycles. The van der Waals surface area contributed by atoms with E-state index in [9.17, 15) is 10.2 Å². The summed E-state index contributed by atoms with van der Waals surface area (Å²) in [5.41, 5.74) is 0. The summed E-state index contributed by atoms with van der Waals surface area (Å²) in [4.78, 5) is 0. The van der Waals surface area contributed by atoms with Gasteiger partial charge in [0.05, 0.1) is 66.4 Å². The zero-order valence-corrected chi connectivity index (χ0v) is 17.0. The summed E-state index contributed by atoms with van der Waals surface area (Å²) >= 11 is 0. The quantitative estimate of drug-likeness (QED) is 0.263. The van der Waals surface area contributed by atoms with Gasteiger partial charge in [0, 0.05) is 0 Å². The number of likely N-dealkylation sites (N-methyl/N-ethyl adjacent to an activating group) is 1. The molecule has 8 nitrogen and oxygen atoms in total. The molecule has 0 radical (unpaired) electrons. The third-order valence-corrected chi connectivity index (χ3v) is 3.74. The number of ether oxygens (including phenoxy) is 3. The molecule has 0 amide bonds. The smallest absolute Gasteiger partial charge is 0.126 e. The molecule has 4 unspecified atom stereocenters. The first kappa shape index (κ1) is 25.7. The van der Waals surface area contributed by atoms with Crippen molar-refractivity contribution in [2.45, 2.75) is 57.2 Å². The van der Waals surface area contributed by atoms with E-state index >= 15 is 0 Å². The summed E-state index contributed by atoms with van der Waals surface area (Å²) in [6.45, 7) is 4.24.